The van der Waals surface area contributed by atoms with Crippen molar-refractivity contribution >= 4 is 11.9 Å². The van der Waals surface area contributed by atoms with Gasteiger partial charge in [0.05, 0.1) is 0 Å². The largest absolute Gasteiger partial charge is 0.350 e. The first-order valence-corrected chi connectivity index (χ1v) is 4.45. The van der Waals surface area contributed by atoms with E-state index in [9.17, 15) is 0 Å². The molecule has 68 valence electrons. The number of aliphatic imine (C=N–C) groups is 1. The molecule has 2 N–H and O–H groups in total. The summed E-state index contributed by atoms with van der Waals surface area (Å²) in [5, 5.41) is 0. The SMILES string of the molecule is NCCN1CN=Cc2ccccc21. The molecule has 0 amide bonds. The highest BCUT2D eigenvalue weighted by Crippen LogP contribution is 2.20. The predicted octanol–water partition coefficient (Wildman–Crippen LogP) is 0.842. The maximum Gasteiger partial charge on any atom is 0.110 e. The van der Waals surface area contributed by atoms with Crippen molar-refractivity contribution in [2.75, 3.05) is 24.7 Å². The van der Waals surface area contributed by atoms with Gasteiger partial charge in [-0.3, -0.25) is 4.99 Å². The third kappa shape index (κ3) is 1.55. The predicted molar refractivity (Wildman–Crippen MR) is 55.3 cm³/mol. The normalized spacial score (nSPS) is 14.4. The van der Waals surface area contributed by atoms with E-state index in [0.29, 0.717) is 6.54 Å². The standard InChI is InChI=1S/C10H13N3/c11-5-6-13-8-12-7-9-3-1-2-4-10(9)13/h1-4,7H,5-6,8,11H2. The summed E-state index contributed by atoms with van der Waals surface area (Å²) in [6.45, 7) is 2.27. The van der Waals surface area contributed by atoms with E-state index in [1.807, 2.05) is 18.3 Å². The number of rotatable bonds is 2. The van der Waals surface area contributed by atoms with E-state index < -0.39 is 0 Å². The number of nitrogens with two attached hydrogens (primary N) is 1. The summed E-state index contributed by atoms with van der Waals surface area (Å²) in [5.74, 6) is 0. The first-order chi connectivity index (χ1) is 6.42. The van der Waals surface area contributed by atoms with Crippen LogP contribution in [0.4, 0.5) is 5.69 Å². The third-order valence-corrected chi connectivity index (χ3v) is 2.16. The summed E-state index contributed by atoms with van der Waals surface area (Å²) in [6, 6.07) is 8.25. The average molecular weight is 175 g/mol. The molecule has 0 atom stereocenters. The fourth-order valence-corrected chi connectivity index (χ4v) is 1.55. The smallest absolute Gasteiger partial charge is 0.110 e. The van der Waals surface area contributed by atoms with Gasteiger partial charge in [-0.15, -0.1) is 0 Å². The zero-order valence-corrected chi connectivity index (χ0v) is 7.48. The summed E-state index contributed by atoms with van der Waals surface area (Å²) in [7, 11) is 0. The molecule has 0 radical (unpaired) electrons. The van der Waals surface area contributed by atoms with Crippen molar-refractivity contribution in [2.45, 2.75) is 0 Å². The Morgan fingerprint density at radius 2 is 2.23 bits per heavy atom. The van der Waals surface area contributed by atoms with Crippen LogP contribution in [0.3, 0.4) is 0 Å². The minimum absolute atomic E-state index is 0.670. The fourth-order valence-electron chi connectivity index (χ4n) is 1.55. The van der Waals surface area contributed by atoms with Crippen LogP contribution in [0.5, 0.6) is 0 Å². The zero-order chi connectivity index (χ0) is 9.10. The van der Waals surface area contributed by atoms with Gasteiger partial charge in [-0.2, -0.15) is 0 Å². The zero-order valence-electron chi connectivity index (χ0n) is 7.48. The van der Waals surface area contributed by atoms with E-state index in [2.05, 4.69) is 22.0 Å². The number of benzene rings is 1. The molecule has 0 saturated heterocycles. The van der Waals surface area contributed by atoms with Crippen molar-refractivity contribution in [1.82, 2.24) is 0 Å². The lowest BCUT2D eigenvalue weighted by atomic mass is 10.1. The van der Waals surface area contributed by atoms with Crippen molar-refractivity contribution in [3.8, 4) is 0 Å². The van der Waals surface area contributed by atoms with Gasteiger partial charge < -0.3 is 10.6 Å². The first kappa shape index (κ1) is 8.26. The maximum atomic E-state index is 5.52. The van der Waals surface area contributed by atoms with Gasteiger partial charge in [-0.25, -0.2) is 0 Å². The molecule has 0 saturated carbocycles. The monoisotopic (exact) mass is 175 g/mol. The molecule has 1 aliphatic heterocycles. The Labute approximate surface area is 77.9 Å². The second-order valence-electron chi connectivity index (χ2n) is 3.06. The van der Waals surface area contributed by atoms with Gasteiger partial charge in [0.15, 0.2) is 0 Å². The van der Waals surface area contributed by atoms with Crippen LogP contribution in [-0.4, -0.2) is 26.0 Å². The van der Waals surface area contributed by atoms with Crippen molar-refractivity contribution < 1.29 is 0 Å². The van der Waals surface area contributed by atoms with Gasteiger partial charge in [0.2, 0.25) is 0 Å². The summed E-state index contributed by atoms with van der Waals surface area (Å²) in [6.07, 6.45) is 1.92. The third-order valence-electron chi connectivity index (χ3n) is 2.16. The van der Waals surface area contributed by atoms with E-state index in [1.54, 1.807) is 0 Å². The Hall–Kier alpha value is -1.35. The molecular formula is C10H13N3. The van der Waals surface area contributed by atoms with Gasteiger partial charge >= 0.3 is 0 Å². The molecule has 0 bridgehead atoms. The van der Waals surface area contributed by atoms with Crippen LogP contribution in [0, 0.1) is 0 Å². The summed E-state index contributed by atoms with van der Waals surface area (Å²) in [5.41, 5.74) is 7.94. The highest BCUT2D eigenvalue weighted by molar-refractivity contribution is 5.89. The molecule has 0 aromatic heterocycles. The molecule has 1 aromatic rings. The van der Waals surface area contributed by atoms with Gasteiger partial charge in [0.1, 0.15) is 6.67 Å². The van der Waals surface area contributed by atoms with Crippen LogP contribution >= 0.6 is 0 Å². The number of para-hydroxylation sites is 1. The Balaban J connectivity index is 2.32. The maximum absolute atomic E-state index is 5.52. The van der Waals surface area contributed by atoms with Crippen molar-refractivity contribution in [3.63, 3.8) is 0 Å². The lowest BCUT2D eigenvalue weighted by Crippen LogP contribution is -2.32. The Morgan fingerprint density at radius 1 is 1.38 bits per heavy atom. The Kier molecular flexibility index (Phi) is 2.27. The Morgan fingerprint density at radius 3 is 3.08 bits per heavy atom. The van der Waals surface area contributed by atoms with Crippen LogP contribution in [0.25, 0.3) is 0 Å². The quantitative estimate of drug-likeness (QED) is 0.723. The summed E-state index contributed by atoms with van der Waals surface area (Å²) >= 11 is 0. The number of nitrogens with zero attached hydrogens (tertiary/aromatic N) is 2. The Bertz CT molecular complexity index is 320. The number of hydrogen-bond acceptors (Lipinski definition) is 3. The minimum Gasteiger partial charge on any atom is -0.350 e. The molecule has 0 aliphatic carbocycles. The second kappa shape index (κ2) is 3.58. The number of fused-ring (bicyclic) bond motifs is 1. The van der Waals surface area contributed by atoms with Crippen molar-refractivity contribution in [3.05, 3.63) is 29.8 Å². The van der Waals surface area contributed by atoms with Crippen molar-refractivity contribution in [1.29, 1.82) is 0 Å². The first-order valence-electron chi connectivity index (χ1n) is 4.45. The molecule has 0 unspecified atom stereocenters. The number of hydrogen-bond donors (Lipinski definition) is 1. The summed E-state index contributed by atoms with van der Waals surface area (Å²) < 4.78 is 0. The average Bonchev–Trinajstić information content (AvgIpc) is 2.19. The van der Waals surface area contributed by atoms with Crippen molar-refractivity contribution in [2.24, 2.45) is 10.7 Å². The van der Waals surface area contributed by atoms with Crippen LogP contribution in [0.1, 0.15) is 5.56 Å². The van der Waals surface area contributed by atoms with Gasteiger partial charge in [0, 0.05) is 30.6 Å². The van der Waals surface area contributed by atoms with E-state index in [1.165, 1.54) is 11.3 Å². The fraction of sp³-hybridized carbons (Fsp3) is 0.300. The minimum atomic E-state index is 0.670. The molecule has 1 aromatic carbocycles. The van der Waals surface area contributed by atoms with E-state index in [4.69, 9.17) is 5.73 Å². The molecule has 13 heavy (non-hydrogen) atoms. The molecule has 2 rings (SSSR count). The van der Waals surface area contributed by atoms with Crippen LogP contribution in [0.2, 0.25) is 0 Å². The molecule has 3 nitrogen and oxygen atoms in total. The molecule has 3 heteroatoms. The van der Waals surface area contributed by atoms with Gasteiger partial charge in [0.25, 0.3) is 0 Å². The van der Waals surface area contributed by atoms with Gasteiger partial charge in [-0.05, 0) is 6.07 Å². The van der Waals surface area contributed by atoms with E-state index >= 15 is 0 Å². The topological polar surface area (TPSA) is 41.6 Å². The number of anilines is 1. The highest BCUT2D eigenvalue weighted by atomic mass is 15.2. The van der Waals surface area contributed by atoms with Crippen LogP contribution in [-0.2, 0) is 0 Å². The molecule has 1 heterocycles. The van der Waals surface area contributed by atoms with Crippen LogP contribution in [0.15, 0.2) is 29.3 Å². The van der Waals surface area contributed by atoms with E-state index in [0.717, 1.165) is 13.2 Å². The lowest BCUT2D eigenvalue weighted by Gasteiger charge is -2.26. The van der Waals surface area contributed by atoms with E-state index in [-0.39, 0.29) is 0 Å². The second-order valence-corrected chi connectivity index (χ2v) is 3.06. The summed E-state index contributed by atoms with van der Waals surface area (Å²) in [4.78, 5) is 6.45. The molecule has 1 aliphatic rings. The lowest BCUT2D eigenvalue weighted by molar-refractivity contribution is 0.795. The van der Waals surface area contributed by atoms with Crippen LogP contribution < -0.4 is 10.6 Å². The molecular weight excluding hydrogens is 162 g/mol. The van der Waals surface area contributed by atoms with Gasteiger partial charge in [-0.1, -0.05) is 18.2 Å². The highest BCUT2D eigenvalue weighted by Gasteiger charge is 2.11. The molecule has 0 fully saturated rings. The molecule has 0 spiro atoms.